The minimum Gasteiger partial charge on any atom is -0.417 e. The minimum atomic E-state index is -1.74. The van der Waals surface area contributed by atoms with Crippen molar-refractivity contribution in [3.05, 3.63) is 35.9 Å². The molecule has 0 heterocycles. The fourth-order valence-corrected chi connectivity index (χ4v) is 5.66. The van der Waals surface area contributed by atoms with E-state index in [1.807, 2.05) is 37.3 Å². The van der Waals surface area contributed by atoms with Gasteiger partial charge in [-0.25, -0.2) is 0 Å². The second-order valence-corrected chi connectivity index (χ2v) is 9.28. The van der Waals surface area contributed by atoms with Gasteiger partial charge in [0.1, 0.15) is 0 Å². The summed E-state index contributed by atoms with van der Waals surface area (Å²) in [6.07, 6.45) is 0.857. The van der Waals surface area contributed by atoms with E-state index in [0.717, 1.165) is 18.6 Å². The largest absolute Gasteiger partial charge is 0.417 e. The summed E-state index contributed by atoms with van der Waals surface area (Å²) in [5.41, 5.74) is 0.759. The normalized spacial score (nSPS) is 29.1. The molecule has 0 spiro atoms. The first-order valence-electron chi connectivity index (χ1n) is 5.92. The Hall–Kier alpha value is -0.643. The van der Waals surface area contributed by atoms with Crippen molar-refractivity contribution in [3.63, 3.8) is 0 Å². The van der Waals surface area contributed by atoms with Crippen LogP contribution >= 0.6 is 0 Å². The van der Waals surface area contributed by atoms with Gasteiger partial charge in [0.2, 0.25) is 0 Å². The standard InChI is InChI=1S/C13H20O2Si/c1-4-15-16(2,3)12-10-13(12,14)11-8-6-5-7-9-11/h5-9,12,14H,4,10H2,1-3H3/t12-,13+/m0/s1. The van der Waals surface area contributed by atoms with E-state index in [1.54, 1.807) is 0 Å². The van der Waals surface area contributed by atoms with Gasteiger partial charge in [-0.3, -0.25) is 0 Å². The number of rotatable bonds is 4. The van der Waals surface area contributed by atoms with E-state index in [-0.39, 0.29) is 0 Å². The van der Waals surface area contributed by atoms with Crippen molar-refractivity contribution in [3.8, 4) is 0 Å². The van der Waals surface area contributed by atoms with Gasteiger partial charge in [0.05, 0.1) is 5.60 Å². The average Bonchev–Trinajstić information content (AvgIpc) is 2.95. The molecule has 1 N–H and O–H groups in total. The van der Waals surface area contributed by atoms with Gasteiger partial charge in [-0.1, -0.05) is 30.3 Å². The summed E-state index contributed by atoms with van der Waals surface area (Å²) in [7, 11) is -1.74. The molecule has 0 aliphatic heterocycles. The van der Waals surface area contributed by atoms with E-state index in [9.17, 15) is 5.11 Å². The Bertz CT molecular complexity index is 363. The molecule has 3 heteroatoms. The molecule has 1 aromatic rings. The summed E-state index contributed by atoms with van der Waals surface area (Å²) in [4.78, 5) is 0. The summed E-state index contributed by atoms with van der Waals surface area (Å²) in [5.74, 6) is 0. The molecule has 2 rings (SSSR count). The van der Waals surface area contributed by atoms with Crippen LogP contribution in [0.5, 0.6) is 0 Å². The Labute approximate surface area is 98.4 Å². The zero-order valence-corrected chi connectivity index (χ0v) is 11.2. The highest BCUT2D eigenvalue weighted by Crippen LogP contribution is 2.61. The van der Waals surface area contributed by atoms with Gasteiger partial charge in [-0.15, -0.1) is 0 Å². The van der Waals surface area contributed by atoms with E-state index in [0.29, 0.717) is 5.54 Å². The lowest BCUT2D eigenvalue weighted by Crippen LogP contribution is -2.34. The highest BCUT2D eigenvalue weighted by Gasteiger charge is 2.62. The van der Waals surface area contributed by atoms with E-state index in [2.05, 4.69) is 13.1 Å². The summed E-state index contributed by atoms with van der Waals surface area (Å²) >= 11 is 0. The fraction of sp³-hybridized carbons (Fsp3) is 0.538. The van der Waals surface area contributed by atoms with Crippen molar-refractivity contribution >= 4 is 8.32 Å². The molecule has 16 heavy (non-hydrogen) atoms. The third kappa shape index (κ3) is 1.95. The van der Waals surface area contributed by atoms with Gasteiger partial charge < -0.3 is 9.53 Å². The maximum Gasteiger partial charge on any atom is 0.193 e. The van der Waals surface area contributed by atoms with Crippen molar-refractivity contribution in [2.24, 2.45) is 0 Å². The highest BCUT2D eigenvalue weighted by molar-refractivity contribution is 6.73. The second-order valence-electron chi connectivity index (χ2n) is 5.08. The lowest BCUT2D eigenvalue weighted by atomic mass is 10.1. The van der Waals surface area contributed by atoms with E-state index in [4.69, 9.17) is 4.43 Å². The van der Waals surface area contributed by atoms with Crippen molar-refractivity contribution in [1.29, 1.82) is 0 Å². The first kappa shape index (κ1) is 11.8. The molecule has 1 aliphatic carbocycles. The maximum absolute atomic E-state index is 10.6. The quantitative estimate of drug-likeness (QED) is 0.815. The summed E-state index contributed by atoms with van der Waals surface area (Å²) in [6, 6.07) is 9.97. The molecule has 0 aromatic heterocycles. The molecule has 2 nitrogen and oxygen atoms in total. The van der Waals surface area contributed by atoms with Crippen molar-refractivity contribution in [2.75, 3.05) is 6.61 Å². The van der Waals surface area contributed by atoms with Crippen LogP contribution in [0.25, 0.3) is 0 Å². The maximum atomic E-state index is 10.6. The predicted octanol–water partition coefficient (Wildman–Crippen LogP) is 2.89. The van der Waals surface area contributed by atoms with Crippen LogP contribution in [-0.4, -0.2) is 20.0 Å². The summed E-state index contributed by atoms with van der Waals surface area (Å²) in [5, 5.41) is 10.6. The Morgan fingerprint density at radius 3 is 2.56 bits per heavy atom. The van der Waals surface area contributed by atoms with Crippen LogP contribution < -0.4 is 0 Å². The SMILES string of the molecule is CCO[Si](C)(C)[C@H]1C[C@@]1(O)c1ccccc1. The molecule has 2 atom stereocenters. The molecule has 0 saturated heterocycles. The second kappa shape index (κ2) is 3.98. The van der Waals surface area contributed by atoms with E-state index in [1.165, 1.54) is 0 Å². The molecule has 1 saturated carbocycles. The molecule has 0 bridgehead atoms. The van der Waals surface area contributed by atoms with Gasteiger partial charge in [0.25, 0.3) is 0 Å². The molecule has 1 aliphatic rings. The van der Waals surface area contributed by atoms with Crippen molar-refractivity contribution in [2.45, 2.75) is 37.6 Å². The lowest BCUT2D eigenvalue weighted by molar-refractivity contribution is 0.147. The Morgan fingerprint density at radius 1 is 1.38 bits per heavy atom. The zero-order chi connectivity index (χ0) is 11.8. The lowest BCUT2D eigenvalue weighted by Gasteiger charge is -2.24. The van der Waals surface area contributed by atoms with Gasteiger partial charge in [-0.05, 0) is 32.0 Å². The average molecular weight is 236 g/mol. The van der Waals surface area contributed by atoms with Gasteiger partial charge in [0.15, 0.2) is 8.32 Å². The molecular weight excluding hydrogens is 216 g/mol. The molecule has 88 valence electrons. The Morgan fingerprint density at radius 2 is 2.00 bits per heavy atom. The summed E-state index contributed by atoms with van der Waals surface area (Å²) in [6.45, 7) is 7.17. The first-order valence-corrected chi connectivity index (χ1v) is 8.91. The van der Waals surface area contributed by atoms with Crippen LogP contribution in [0.4, 0.5) is 0 Å². The van der Waals surface area contributed by atoms with Crippen LogP contribution in [0.15, 0.2) is 30.3 Å². The number of hydrogen-bond acceptors (Lipinski definition) is 2. The van der Waals surface area contributed by atoms with Crippen LogP contribution in [-0.2, 0) is 10.0 Å². The molecule has 0 unspecified atom stereocenters. The van der Waals surface area contributed by atoms with Gasteiger partial charge in [0, 0.05) is 12.1 Å². The Kier molecular flexibility index (Phi) is 2.95. The van der Waals surface area contributed by atoms with Crippen LogP contribution in [0.2, 0.25) is 18.6 Å². The van der Waals surface area contributed by atoms with Crippen LogP contribution in [0, 0.1) is 0 Å². The first-order chi connectivity index (χ1) is 7.50. The number of aliphatic hydroxyl groups is 1. The van der Waals surface area contributed by atoms with E-state index < -0.39 is 13.9 Å². The topological polar surface area (TPSA) is 29.5 Å². The summed E-state index contributed by atoms with van der Waals surface area (Å²) < 4.78 is 5.85. The smallest absolute Gasteiger partial charge is 0.193 e. The fourth-order valence-electron chi connectivity index (χ4n) is 2.59. The molecule has 0 radical (unpaired) electrons. The monoisotopic (exact) mass is 236 g/mol. The third-order valence-corrected chi connectivity index (χ3v) is 6.95. The van der Waals surface area contributed by atoms with E-state index >= 15 is 0 Å². The van der Waals surface area contributed by atoms with Crippen molar-refractivity contribution < 1.29 is 9.53 Å². The highest BCUT2D eigenvalue weighted by atomic mass is 28.4. The third-order valence-electron chi connectivity index (χ3n) is 3.56. The number of benzene rings is 1. The van der Waals surface area contributed by atoms with Crippen LogP contribution in [0.3, 0.4) is 0 Å². The van der Waals surface area contributed by atoms with Gasteiger partial charge in [-0.2, -0.15) is 0 Å². The molecule has 1 fully saturated rings. The number of hydrogen-bond donors (Lipinski definition) is 1. The minimum absolute atomic E-state index is 0.336. The van der Waals surface area contributed by atoms with Crippen molar-refractivity contribution in [1.82, 2.24) is 0 Å². The molecule has 1 aromatic carbocycles. The predicted molar refractivity (Wildman–Crippen MR) is 67.8 cm³/mol. The molecular formula is C13H20O2Si. The van der Waals surface area contributed by atoms with Gasteiger partial charge >= 0.3 is 0 Å². The van der Waals surface area contributed by atoms with Crippen LogP contribution in [0.1, 0.15) is 18.9 Å². The Balaban J connectivity index is 2.15. The molecule has 0 amide bonds. The zero-order valence-electron chi connectivity index (χ0n) is 10.2.